The number of rotatable bonds is 5. The maximum atomic E-state index is 11.8. The summed E-state index contributed by atoms with van der Waals surface area (Å²) in [6, 6.07) is 6.97. The van der Waals surface area contributed by atoms with Crippen molar-refractivity contribution < 1.29 is 18.3 Å². The zero-order chi connectivity index (χ0) is 23.9. The van der Waals surface area contributed by atoms with Crippen molar-refractivity contribution in [2.45, 2.75) is 6.54 Å². The highest BCUT2D eigenvalue weighted by molar-refractivity contribution is 7.88. The van der Waals surface area contributed by atoms with Gasteiger partial charge in [-0.1, -0.05) is 0 Å². The summed E-state index contributed by atoms with van der Waals surface area (Å²) in [6.45, 7) is 5.90. The number of morpholine rings is 1. The van der Waals surface area contributed by atoms with E-state index in [0.29, 0.717) is 56.5 Å². The van der Waals surface area contributed by atoms with Crippen LogP contribution >= 0.6 is 11.3 Å². The molecule has 12 heteroatoms. The Balaban J connectivity index is 1.47. The smallest absolute Gasteiger partial charge is 0.211 e. The Kier molecular flexibility index (Phi) is 6.34. The van der Waals surface area contributed by atoms with Gasteiger partial charge in [0, 0.05) is 68.0 Å². The Labute approximate surface area is 202 Å². The quantitative estimate of drug-likeness (QED) is 0.498. The van der Waals surface area contributed by atoms with Crippen LogP contribution in [0.15, 0.2) is 24.3 Å². The van der Waals surface area contributed by atoms with Gasteiger partial charge in [-0.3, -0.25) is 4.90 Å². The zero-order valence-corrected chi connectivity index (χ0v) is 20.6. The number of ether oxygens (including phenoxy) is 1. The molecule has 0 spiro atoms. The van der Waals surface area contributed by atoms with Gasteiger partial charge in [0.05, 0.1) is 29.7 Å². The first kappa shape index (κ1) is 23.2. The first-order chi connectivity index (χ1) is 16.3. The minimum atomic E-state index is -3.15. The Morgan fingerprint density at radius 1 is 1.06 bits per heavy atom. The van der Waals surface area contributed by atoms with Crippen molar-refractivity contribution in [1.29, 1.82) is 0 Å². The first-order valence-electron chi connectivity index (χ1n) is 11.2. The fourth-order valence-corrected chi connectivity index (χ4v) is 6.35. The third kappa shape index (κ3) is 4.96. The van der Waals surface area contributed by atoms with Crippen LogP contribution in [0.2, 0.25) is 0 Å². The van der Waals surface area contributed by atoms with Crippen molar-refractivity contribution in [3.63, 3.8) is 0 Å². The SMILES string of the molecule is CS(=O)(=O)N1CCN(Cc2cc3nc(-c4cc(N)cc(O)c4)nc(N4CCOCC4)c3s2)CC1. The lowest BCUT2D eigenvalue weighted by atomic mass is 10.1. The number of anilines is 2. The molecule has 0 unspecified atom stereocenters. The number of thiophene rings is 1. The second-order valence-electron chi connectivity index (χ2n) is 8.65. The molecule has 5 rings (SSSR count). The molecule has 0 atom stereocenters. The maximum absolute atomic E-state index is 11.8. The van der Waals surface area contributed by atoms with Gasteiger partial charge in [0.25, 0.3) is 0 Å². The summed E-state index contributed by atoms with van der Waals surface area (Å²) in [4.78, 5) is 15.3. The normalized spacial score (nSPS) is 18.6. The van der Waals surface area contributed by atoms with Crippen molar-refractivity contribution in [1.82, 2.24) is 19.2 Å². The topological polar surface area (TPSA) is 125 Å². The van der Waals surface area contributed by atoms with Crippen molar-refractivity contribution >= 4 is 43.1 Å². The predicted molar refractivity (Wildman–Crippen MR) is 134 cm³/mol. The van der Waals surface area contributed by atoms with E-state index in [2.05, 4.69) is 15.9 Å². The van der Waals surface area contributed by atoms with Gasteiger partial charge in [-0.25, -0.2) is 18.4 Å². The molecule has 4 heterocycles. The molecular weight excluding hydrogens is 476 g/mol. The van der Waals surface area contributed by atoms with Crippen molar-refractivity contribution in [3.8, 4) is 17.1 Å². The number of nitrogens with two attached hydrogens (primary N) is 1. The molecule has 2 aliphatic heterocycles. The third-order valence-electron chi connectivity index (χ3n) is 6.09. The van der Waals surface area contributed by atoms with Crippen LogP contribution in [0.5, 0.6) is 5.75 Å². The number of aromatic nitrogens is 2. The number of phenols is 1. The molecule has 0 saturated carbocycles. The van der Waals surface area contributed by atoms with Crippen LogP contribution in [0.25, 0.3) is 21.6 Å². The summed E-state index contributed by atoms with van der Waals surface area (Å²) in [6.07, 6.45) is 1.26. The lowest BCUT2D eigenvalue weighted by Gasteiger charge is -2.32. The van der Waals surface area contributed by atoms with E-state index in [1.807, 2.05) is 0 Å². The second kappa shape index (κ2) is 9.27. The van der Waals surface area contributed by atoms with Crippen LogP contribution in [-0.2, 0) is 21.3 Å². The highest BCUT2D eigenvalue weighted by atomic mass is 32.2. The van der Waals surface area contributed by atoms with E-state index in [9.17, 15) is 13.5 Å². The van der Waals surface area contributed by atoms with E-state index in [-0.39, 0.29) is 5.75 Å². The summed E-state index contributed by atoms with van der Waals surface area (Å²) in [5.41, 5.74) is 7.91. The van der Waals surface area contributed by atoms with Crippen LogP contribution in [0.1, 0.15) is 4.88 Å². The fraction of sp³-hybridized carbons (Fsp3) is 0.455. The summed E-state index contributed by atoms with van der Waals surface area (Å²) in [5.74, 6) is 1.46. The number of hydrogen-bond acceptors (Lipinski definition) is 10. The summed E-state index contributed by atoms with van der Waals surface area (Å²) >= 11 is 1.67. The van der Waals surface area contributed by atoms with E-state index in [1.54, 1.807) is 23.5 Å². The van der Waals surface area contributed by atoms with Gasteiger partial charge in [0.2, 0.25) is 10.0 Å². The van der Waals surface area contributed by atoms with Gasteiger partial charge in [0.15, 0.2) is 11.6 Å². The molecule has 1 aromatic carbocycles. The number of fused-ring (bicyclic) bond motifs is 1. The molecule has 2 saturated heterocycles. The van der Waals surface area contributed by atoms with E-state index in [0.717, 1.165) is 40.5 Å². The molecule has 182 valence electrons. The van der Waals surface area contributed by atoms with E-state index >= 15 is 0 Å². The fourth-order valence-electron chi connectivity index (χ4n) is 4.36. The van der Waals surface area contributed by atoms with E-state index in [1.165, 1.54) is 16.6 Å². The molecule has 2 aromatic heterocycles. The number of sulfonamides is 1. The molecule has 10 nitrogen and oxygen atoms in total. The standard InChI is InChI=1S/C22H28N6O4S2/c1-34(30,31)28-4-2-26(3-5-28)14-18-13-19-20(33-18)22(27-6-8-32-9-7-27)25-21(24-19)15-10-16(23)12-17(29)11-15/h10-13,29H,2-9,14,23H2,1H3. The average molecular weight is 505 g/mol. The number of phenolic OH excluding ortho intramolecular Hbond substituents is 1. The van der Waals surface area contributed by atoms with Gasteiger partial charge in [-0.2, -0.15) is 4.31 Å². The monoisotopic (exact) mass is 504 g/mol. The lowest BCUT2D eigenvalue weighted by Crippen LogP contribution is -2.47. The summed E-state index contributed by atoms with van der Waals surface area (Å²) in [7, 11) is -3.15. The van der Waals surface area contributed by atoms with Crippen molar-refractivity contribution in [2.24, 2.45) is 0 Å². The third-order valence-corrected chi connectivity index (χ3v) is 8.50. The van der Waals surface area contributed by atoms with Gasteiger partial charge >= 0.3 is 0 Å². The summed E-state index contributed by atoms with van der Waals surface area (Å²) < 4.78 is 31.7. The summed E-state index contributed by atoms with van der Waals surface area (Å²) in [5, 5.41) is 10.0. The number of hydrogen-bond donors (Lipinski definition) is 2. The van der Waals surface area contributed by atoms with Crippen molar-refractivity contribution in [3.05, 3.63) is 29.1 Å². The molecule has 2 aliphatic rings. The molecular formula is C22H28N6O4S2. The number of nitrogens with zero attached hydrogens (tertiary/aromatic N) is 5. The van der Waals surface area contributed by atoms with E-state index < -0.39 is 10.0 Å². The van der Waals surface area contributed by atoms with Crippen LogP contribution in [0, 0.1) is 0 Å². The van der Waals surface area contributed by atoms with E-state index in [4.69, 9.17) is 20.4 Å². The number of aromatic hydroxyl groups is 1. The average Bonchev–Trinajstić information content (AvgIpc) is 3.20. The number of nitrogen functional groups attached to an aromatic ring is 1. The van der Waals surface area contributed by atoms with Crippen LogP contribution in [-0.4, -0.2) is 91.4 Å². The van der Waals surface area contributed by atoms with Crippen LogP contribution in [0.3, 0.4) is 0 Å². The maximum Gasteiger partial charge on any atom is 0.211 e. The number of benzene rings is 1. The lowest BCUT2D eigenvalue weighted by molar-refractivity contribution is 0.122. The van der Waals surface area contributed by atoms with Crippen LogP contribution < -0.4 is 10.6 Å². The second-order valence-corrected chi connectivity index (χ2v) is 11.8. The molecule has 0 bridgehead atoms. The van der Waals surface area contributed by atoms with Gasteiger partial charge < -0.3 is 20.5 Å². The Morgan fingerprint density at radius 2 is 1.79 bits per heavy atom. The molecule has 0 radical (unpaired) electrons. The highest BCUT2D eigenvalue weighted by Crippen LogP contribution is 2.36. The predicted octanol–water partition coefficient (Wildman–Crippen LogP) is 1.56. The molecule has 0 amide bonds. The Morgan fingerprint density at radius 3 is 2.47 bits per heavy atom. The van der Waals surface area contributed by atoms with Gasteiger partial charge in [-0.15, -0.1) is 11.3 Å². The molecule has 3 N–H and O–H groups in total. The Hall–Kier alpha value is -2.51. The molecule has 0 aliphatic carbocycles. The van der Waals surface area contributed by atoms with Crippen LogP contribution in [0.4, 0.5) is 11.5 Å². The molecule has 3 aromatic rings. The van der Waals surface area contributed by atoms with Gasteiger partial charge in [-0.05, 0) is 18.2 Å². The largest absolute Gasteiger partial charge is 0.508 e. The minimum absolute atomic E-state index is 0.0749. The molecule has 34 heavy (non-hydrogen) atoms. The first-order valence-corrected chi connectivity index (χ1v) is 13.8. The van der Waals surface area contributed by atoms with Crippen molar-refractivity contribution in [2.75, 3.05) is 69.4 Å². The molecule has 2 fully saturated rings. The number of piperazine rings is 1. The highest BCUT2D eigenvalue weighted by Gasteiger charge is 2.25. The zero-order valence-electron chi connectivity index (χ0n) is 19.0. The Bertz CT molecular complexity index is 1280. The van der Waals surface area contributed by atoms with Gasteiger partial charge in [0.1, 0.15) is 5.75 Å². The minimum Gasteiger partial charge on any atom is -0.508 e.